The van der Waals surface area contributed by atoms with Gasteiger partial charge in [-0.1, -0.05) is 18.2 Å². The summed E-state index contributed by atoms with van der Waals surface area (Å²) in [5.74, 6) is 0. The van der Waals surface area contributed by atoms with Crippen molar-refractivity contribution in [2.75, 3.05) is 25.0 Å². The molecule has 2 aliphatic rings. The molecule has 1 fully saturated rings. The molecule has 1 aromatic carbocycles. The highest BCUT2D eigenvalue weighted by molar-refractivity contribution is 6.06. The van der Waals surface area contributed by atoms with Crippen LogP contribution >= 0.6 is 0 Å². The molecule has 1 saturated heterocycles. The average molecular weight is 350 g/mol. The van der Waals surface area contributed by atoms with Crippen LogP contribution in [0, 0.1) is 6.92 Å². The standard InChI is InChI=1S/C23H31N3/c1-6-24-21-11-10-16(2)14-20(21)23(26-12-8-7-9-13-26)18(4)22-17(3)15-25-19(22)5/h6,10-11,14,24H,1,7-9,12-13,15H2,2-5H3/b23-18-. The maximum Gasteiger partial charge on any atom is 0.0609 e. The third-order valence-corrected chi connectivity index (χ3v) is 5.43. The summed E-state index contributed by atoms with van der Waals surface area (Å²) in [7, 11) is 0. The summed E-state index contributed by atoms with van der Waals surface area (Å²) in [6.07, 6.45) is 5.62. The summed E-state index contributed by atoms with van der Waals surface area (Å²) in [5.41, 5.74) is 10.3. The van der Waals surface area contributed by atoms with Crippen LogP contribution in [0.1, 0.15) is 51.2 Å². The van der Waals surface area contributed by atoms with E-state index in [0.29, 0.717) is 0 Å². The topological polar surface area (TPSA) is 27.6 Å². The van der Waals surface area contributed by atoms with Gasteiger partial charge in [0.25, 0.3) is 0 Å². The summed E-state index contributed by atoms with van der Waals surface area (Å²) < 4.78 is 0. The first-order chi connectivity index (χ1) is 12.5. The number of piperidine rings is 1. The molecule has 0 amide bonds. The maximum atomic E-state index is 4.68. The van der Waals surface area contributed by atoms with Gasteiger partial charge in [-0.2, -0.15) is 0 Å². The van der Waals surface area contributed by atoms with Crippen molar-refractivity contribution in [1.82, 2.24) is 4.90 Å². The van der Waals surface area contributed by atoms with Crippen molar-refractivity contribution >= 4 is 17.1 Å². The monoisotopic (exact) mass is 349 g/mol. The molecule has 3 nitrogen and oxygen atoms in total. The van der Waals surface area contributed by atoms with Crippen molar-refractivity contribution in [2.45, 2.75) is 47.0 Å². The lowest BCUT2D eigenvalue weighted by Gasteiger charge is -2.34. The van der Waals surface area contributed by atoms with Crippen LogP contribution < -0.4 is 5.32 Å². The highest BCUT2D eigenvalue weighted by Gasteiger charge is 2.24. The molecule has 0 atom stereocenters. The van der Waals surface area contributed by atoms with Gasteiger partial charge < -0.3 is 10.2 Å². The molecule has 0 saturated carbocycles. The quantitative estimate of drug-likeness (QED) is 0.754. The molecule has 0 aromatic heterocycles. The molecule has 0 bridgehead atoms. The Morgan fingerprint density at radius 3 is 2.50 bits per heavy atom. The predicted molar refractivity (Wildman–Crippen MR) is 114 cm³/mol. The molecule has 0 unspecified atom stereocenters. The molecular formula is C23H31N3. The Morgan fingerprint density at radius 2 is 1.88 bits per heavy atom. The first kappa shape index (κ1) is 18.5. The Bertz CT molecular complexity index is 790. The van der Waals surface area contributed by atoms with Gasteiger partial charge in [-0.05, 0) is 76.4 Å². The van der Waals surface area contributed by atoms with Crippen LogP contribution in [0.4, 0.5) is 5.69 Å². The molecule has 2 aliphatic heterocycles. The second-order valence-corrected chi connectivity index (χ2v) is 7.48. The summed E-state index contributed by atoms with van der Waals surface area (Å²) in [4.78, 5) is 7.25. The lowest BCUT2D eigenvalue weighted by Crippen LogP contribution is -2.30. The zero-order valence-corrected chi connectivity index (χ0v) is 16.7. The van der Waals surface area contributed by atoms with Gasteiger partial charge in [0.1, 0.15) is 0 Å². The Balaban J connectivity index is 2.21. The molecule has 2 heterocycles. The van der Waals surface area contributed by atoms with Crippen LogP contribution in [0.3, 0.4) is 0 Å². The first-order valence-electron chi connectivity index (χ1n) is 9.68. The van der Waals surface area contributed by atoms with Gasteiger partial charge in [0.05, 0.1) is 6.54 Å². The zero-order valence-electron chi connectivity index (χ0n) is 16.7. The number of aliphatic imine (C=N–C) groups is 1. The van der Waals surface area contributed by atoms with E-state index in [-0.39, 0.29) is 0 Å². The van der Waals surface area contributed by atoms with Crippen molar-refractivity contribution in [3.05, 3.63) is 58.8 Å². The van der Waals surface area contributed by atoms with Crippen molar-refractivity contribution in [3.8, 4) is 0 Å². The fraction of sp³-hybridized carbons (Fsp3) is 0.435. The lowest BCUT2D eigenvalue weighted by atomic mass is 9.92. The number of nitrogens with one attached hydrogen (secondary N) is 1. The van der Waals surface area contributed by atoms with Crippen molar-refractivity contribution < 1.29 is 0 Å². The molecule has 3 heteroatoms. The van der Waals surface area contributed by atoms with Crippen LogP contribution in [0.5, 0.6) is 0 Å². The summed E-state index contributed by atoms with van der Waals surface area (Å²) in [6, 6.07) is 6.63. The van der Waals surface area contributed by atoms with Gasteiger partial charge in [0.15, 0.2) is 0 Å². The van der Waals surface area contributed by atoms with Gasteiger partial charge in [0, 0.05) is 41.3 Å². The molecule has 3 rings (SSSR count). The van der Waals surface area contributed by atoms with E-state index in [1.165, 1.54) is 58.5 Å². The van der Waals surface area contributed by atoms with E-state index in [0.717, 1.165) is 25.3 Å². The van der Waals surface area contributed by atoms with E-state index >= 15 is 0 Å². The third-order valence-electron chi connectivity index (χ3n) is 5.43. The van der Waals surface area contributed by atoms with Crippen LogP contribution in [-0.4, -0.2) is 30.2 Å². The van der Waals surface area contributed by atoms with Crippen LogP contribution in [0.15, 0.2) is 52.7 Å². The van der Waals surface area contributed by atoms with E-state index in [9.17, 15) is 0 Å². The highest BCUT2D eigenvalue weighted by Crippen LogP contribution is 2.36. The number of anilines is 1. The number of likely N-dealkylation sites (tertiary alicyclic amines) is 1. The smallest absolute Gasteiger partial charge is 0.0609 e. The first-order valence-corrected chi connectivity index (χ1v) is 9.68. The van der Waals surface area contributed by atoms with E-state index in [1.54, 1.807) is 6.20 Å². The largest absolute Gasteiger partial charge is 0.371 e. The molecule has 0 spiro atoms. The minimum Gasteiger partial charge on any atom is -0.371 e. The van der Waals surface area contributed by atoms with Gasteiger partial charge in [-0.25, -0.2) is 0 Å². The Hall–Kier alpha value is -2.29. The number of aryl methyl sites for hydroxylation is 1. The average Bonchev–Trinajstić information content (AvgIpc) is 2.97. The minimum atomic E-state index is 0.831. The van der Waals surface area contributed by atoms with E-state index in [4.69, 9.17) is 0 Å². The van der Waals surface area contributed by atoms with Crippen molar-refractivity contribution in [1.29, 1.82) is 0 Å². The van der Waals surface area contributed by atoms with E-state index in [2.05, 4.69) is 67.7 Å². The normalized spacial score (nSPS) is 18.6. The highest BCUT2D eigenvalue weighted by atomic mass is 15.1. The maximum absolute atomic E-state index is 4.68. The Morgan fingerprint density at radius 1 is 1.15 bits per heavy atom. The molecule has 1 N–H and O–H groups in total. The van der Waals surface area contributed by atoms with E-state index in [1.807, 2.05) is 0 Å². The number of rotatable bonds is 5. The van der Waals surface area contributed by atoms with Gasteiger partial charge in [0.2, 0.25) is 0 Å². The van der Waals surface area contributed by atoms with Crippen molar-refractivity contribution in [2.24, 2.45) is 4.99 Å². The minimum absolute atomic E-state index is 0.831. The number of hydrogen-bond acceptors (Lipinski definition) is 3. The molecule has 1 aromatic rings. The molecular weight excluding hydrogens is 318 g/mol. The zero-order chi connectivity index (χ0) is 18.7. The number of nitrogens with zero attached hydrogens (tertiary/aromatic N) is 2. The van der Waals surface area contributed by atoms with Gasteiger partial charge in [-0.3, -0.25) is 4.99 Å². The number of benzene rings is 1. The summed E-state index contributed by atoms with van der Waals surface area (Å²) in [6.45, 7) is 15.7. The predicted octanol–water partition coefficient (Wildman–Crippen LogP) is 5.56. The second kappa shape index (κ2) is 7.94. The summed E-state index contributed by atoms with van der Waals surface area (Å²) >= 11 is 0. The number of allylic oxidation sites excluding steroid dienone is 2. The van der Waals surface area contributed by atoms with E-state index < -0.39 is 0 Å². The Labute approximate surface area is 158 Å². The third kappa shape index (κ3) is 3.62. The Kier molecular flexibility index (Phi) is 5.65. The van der Waals surface area contributed by atoms with Crippen molar-refractivity contribution in [3.63, 3.8) is 0 Å². The fourth-order valence-electron chi connectivity index (χ4n) is 4.23. The molecule has 138 valence electrons. The number of hydrogen-bond donors (Lipinski definition) is 1. The SMILES string of the molecule is C=CNc1ccc(C)cc1/C(=C(\C)C1=C(C)CN=C1C)N1CCCCC1. The van der Waals surface area contributed by atoms with Crippen LogP contribution in [-0.2, 0) is 0 Å². The van der Waals surface area contributed by atoms with Crippen LogP contribution in [0.2, 0.25) is 0 Å². The lowest BCUT2D eigenvalue weighted by molar-refractivity contribution is 0.325. The molecule has 0 radical (unpaired) electrons. The molecule has 26 heavy (non-hydrogen) atoms. The van der Waals surface area contributed by atoms with Crippen LogP contribution in [0.25, 0.3) is 5.70 Å². The van der Waals surface area contributed by atoms with Gasteiger partial charge >= 0.3 is 0 Å². The fourth-order valence-corrected chi connectivity index (χ4v) is 4.23. The molecule has 0 aliphatic carbocycles. The summed E-state index contributed by atoms with van der Waals surface area (Å²) in [5, 5.41) is 3.35. The second-order valence-electron chi connectivity index (χ2n) is 7.48. The van der Waals surface area contributed by atoms with Gasteiger partial charge in [-0.15, -0.1) is 0 Å².